The predicted molar refractivity (Wildman–Crippen MR) is 107 cm³/mol. The average molecular weight is 412 g/mol. The highest BCUT2D eigenvalue weighted by molar-refractivity contribution is 5.94. The van der Waals surface area contributed by atoms with Gasteiger partial charge in [-0.05, 0) is 56.9 Å². The Balaban J connectivity index is 0.00000280. The van der Waals surface area contributed by atoms with E-state index in [1.54, 1.807) is 6.20 Å². The van der Waals surface area contributed by atoms with Crippen LogP contribution >= 0.6 is 12.4 Å². The molecule has 1 heterocycles. The van der Waals surface area contributed by atoms with Gasteiger partial charge in [0.15, 0.2) is 11.6 Å². The molecule has 152 valence electrons. The molecular formula is C19H24ClF2N5O. The Morgan fingerprint density at radius 1 is 1.11 bits per heavy atom. The van der Waals surface area contributed by atoms with Crippen molar-refractivity contribution in [3.05, 3.63) is 47.7 Å². The van der Waals surface area contributed by atoms with Gasteiger partial charge in [0, 0.05) is 30.4 Å². The lowest BCUT2D eigenvalue weighted by Gasteiger charge is -2.30. The molecule has 0 aliphatic heterocycles. The van der Waals surface area contributed by atoms with Gasteiger partial charge in [-0.1, -0.05) is 0 Å². The van der Waals surface area contributed by atoms with Gasteiger partial charge in [0.1, 0.15) is 5.82 Å². The summed E-state index contributed by atoms with van der Waals surface area (Å²) in [6.45, 7) is 2.74. The Morgan fingerprint density at radius 3 is 2.50 bits per heavy atom. The number of carbonyl (C=O) groups excluding carboxylic acids is 1. The molecule has 0 spiro atoms. The first-order valence-corrected chi connectivity index (χ1v) is 9.14. The maximum absolute atomic E-state index is 13.3. The summed E-state index contributed by atoms with van der Waals surface area (Å²) in [4.78, 5) is 20.8. The summed E-state index contributed by atoms with van der Waals surface area (Å²) >= 11 is 0. The number of anilines is 2. The van der Waals surface area contributed by atoms with Gasteiger partial charge in [-0.2, -0.15) is 4.98 Å². The minimum atomic E-state index is -1.02. The Labute approximate surface area is 169 Å². The molecule has 1 saturated carbocycles. The van der Waals surface area contributed by atoms with Gasteiger partial charge >= 0.3 is 0 Å². The van der Waals surface area contributed by atoms with E-state index in [1.165, 1.54) is 6.07 Å². The molecule has 3 rings (SSSR count). The number of carbonyl (C=O) groups is 1. The van der Waals surface area contributed by atoms with Gasteiger partial charge < -0.3 is 16.0 Å². The standard InChI is InChI=1S/C19H23F2N5O.ClH/c1-2-22-19-23-10-9-17(26-19)24-13-4-6-14(7-5-13)25-18(27)12-3-8-15(20)16(21)11-12;/h3,8-11,13-14H,2,4-7H2,1H3,(H,25,27)(H2,22,23,24,26);1H. The van der Waals surface area contributed by atoms with E-state index in [4.69, 9.17) is 0 Å². The molecule has 0 unspecified atom stereocenters. The van der Waals surface area contributed by atoms with E-state index in [1.807, 2.05) is 13.0 Å². The number of aromatic nitrogens is 2. The van der Waals surface area contributed by atoms with E-state index >= 15 is 0 Å². The van der Waals surface area contributed by atoms with Gasteiger partial charge in [-0.25, -0.2) is 13.8 Å². The molecule has 1 amide bonds. The third-order valence-electron chi connectivity index (χ3n) is 4.59. The topological polar surface area (TPSA) is 78.9 Å². The van der Waals surface area contributed by atoms with Gasteiger partial charge in [-0.3, -0.25) is 4.79 Å². The smallest absolute Gasteiger partial charge is 0.251 e. The summed E-state index contributed by atoms with van der Waals surface area (Å²) in [6.07, 6.45) is 5.07. The lowest BCUT2D eigenvalue weighted by molar-refractivity contribution is 0.0926. The molecule has 1 aliphatic carbocycles. The number of hydrogen-bond donors (Lipinski definition) is 3. The minimum absolute atomic E-state index is 0. The van der Waals surface area contributed by atoms with E-state index in [2.05, 4.69) is 25.9 Å². The molecular weight excluding hydrogens is 388 g/mol. The molecule has 0 bridgehead atoms. The maximum atomic E-state index is 13.3. The van der Waals surface area contributed by atoms with Crippen LogP contribution in [0.3, 0.4) is 0 Å². The molecule has 3 N–H and O–H groups in total. The van der Waals surface area contributed by atoms with Gasteiger partial charge in [-0.15, -0.1) is 12.4 Å². The second-order valence-corrected chi connectivity index (χ2v) is 6.59. The molecule has 28 heavy (non-hydrogen) atoms. The monoisotopic (exact) mass is 411 g/mol. The summed E-state index contributed by atoms with van der Waals surface area (Å²) in [5.74, 6) is -0.987. The molecule has 0 radical (unpaired) electrons. The summed E-state index contributed by atoms with van der Waals surface area (Å²) in [6, 6.07) is 5.30. The van der Waals surface area contributed by atoms with Gasteiger partial charge in [0.25, 0.3) is 5.91 Å². The van der Waals surface area contributed by atoms with Gasteiger partial charge in [0.2, 0.25) is 5.95 Å². The zero-order chi connectivity index (χ0) is 19.2. The number of hydrogen-bond acceptors (Lipinski definition) is 5. The summed E-state index contributed by atoms with van der Waals surface area (Å²) in [5, 5.41) is 9.38. The quantitative estimate of drug-likeness (QED) is 0.674. The molecule has 0 saturated heterocycles. The van der Waals surface area contributed by atoms with Crippen molar-refractivity contribution in [2.24, 2.45) is 0 Å². The Morgan fingerprint density at radius 2 is 1.82 bits per heavy atom. The fourth-order valence-electron chi connectivity index (χ4n) is 3.18. The molecule has 1 aromatic carbocycles. The Bertz CT molecular complexity index is 800. The van der Waals surface area contributed by atoms with Crippen LogP contribution in [0.4, 0.5) is 20.5 Å². The molecule has 2 aromatic rings. The molecule has 0 atom stereocenters. The third-order valence-corrected chi connectivity index (χ3v) is 4.59. The first-order valence-electron chi connectivity index (χ1n) is 9.14. The van der Waals surface area contributed by atoms with Crippen LogP contribution in [0, 0.1) is 11.6 Å². The highest BCUT2D eigenvalue weighted by Crippen LogP contribution is 2.22. The van der Waals surface area contributed by atoms with E-state index < -0.39 is 11.6 Å². The molecule has 1 aliphatic rings. The zero-order valence-corrected chi connectivity index (χ0v) is 16.4. The van der Waals surface area contributed by atoms with Crippen molar-refractivity contribution in [3.8, 4) is 0 Å². The van der Waals surface area contributed by atoms with Crippen molar-refractivity contribution in [2.75, 3.05) is 17.2 Å². The molecule has 1 fully saturated rings. The van der Waals surface area contributed by atoms with Crippen LogP contribution < -0.4 is 16.0 Å². The molecule has 6 nitrogen and oxygen atoms in total. The average Bonchev–Trinajstić information content (AvgIpc) is 2.66. The first-order chi connectivity index (χ1) is 13.0. The fraction of sp³-hybridized carbons (Fsp3) is 0.421. The number of benzene rings is 1. The van der Waals surface area contributed by atoms with Crippen LogP contribution in [0.5, 0.6) is 0 Å². The Kier molecular flexibility index (Phi) is 7.92. The molecule has 9 heteroatoms. The number of nitrogens with one attached hydrogen (secondary N) is 3. The SMILES string of the molecule is CCNc1nccc(NC2CCC(NC(=O)c3ccc(F)c(F)c3)CC2)n1.Cl. The highest BCUT2D eigenvalue weighted by Gasteiger charge is 2.23. The highest BCUT2D eigenvalue weighted by atomic mass is 35.5. The van der Waals surface area contributed by atoms with Crippen molar-refractivity contribution < 1.29 is 13.6 Å². The predicted octanol–water partition coefficient (Wildman–Crippen LogP) is 3.76. The summed E-state index contributed by atoms with van der Waals surface area (Å²) < 4.78 is 26.3. The fourth-order valence-corrected chi connectivity index (χ4v) is 3.18. The van der Waals surface area contributed by atoms with Crippen molar-refractivity contribution in [1.82, 2.24) is 15.3 Å². The second-order valence-electron chi connectivity index (χ2n) is 6.59. The summed E-state index contributed by atoms with van der Waals surface area (Å²) in [7, 11) is 0. The number of rotatable bonds is 6. The number of nitrogens with zero attached hydrogens (tertiary/aromatic N) is 2. The maximum Gasteiger partial charge on any atom is 0.251 e. The normalized spacial score (nSPS) is 18.7. The first kappa shape index (κ1) is 21.8. The zero-order valence-electron chi connectivity index (χ0n) is 15.5. The van der Waals surface area contributed by atoms with Crippen LogP contribution in [-0.4, -0.2) is 34.5 Å². The van der Waals surface area contributed by atoms with Crippen LogP contribution in [0.25, 0.3) is 0 Å². The second kappa shape index (κ2) is 10.2. The van der Waals surface area contributed by atoms with Crippen molar-refractivity contribution in [3.63, 3.8) is 0 Å². The van der Waals surface area contributed by atoms with Crippen molar-refractivity contribution in [2.45, 2.75) is 44.7 Å². The van der Waals surface area contributed by atoms with E-state index in [0.29, 0.717) is 5.95 Å². The van der Waals surface area contributed by atoms with E-state index in [-0.39, 0.29) is 36.0 Å². The van der Waals surface area contributed by atoms with Gasteiger partial charge in [0.05, 0.1) is 0 Å². The lowest BCUT2D eigenvalue weighted by Crippen LogP contribution is -2.40. The summed E-state index contributed by atoms with van der Waals surface area (Å²) in [5.41, 5.74) is 0.131. The van der Waals surface area contributed by atoms with Crippen molar-refractivity contribution in [1.29, 1.82) is 0 Å². The van der Waals surface area contributed by atoms with Crippen LogP contribution in [0.1, 0.15) is 43.0 Å². The van der Waals surface area contributed by atoms with Crippen LogP contribution in [-0.2, 0) is 0 Å². The number of halogens is 3. The minimum Gasteiger partial charge on any atom is -0.367 e. The van der Waals surface area contributed by atoms with Crippen molar-refractivity contribution >= 4 is 30.1 Å². The van der Waals surface area contributed by atoms with Crippen LogP contribution in [0.15, 0.2) is 30.5 Å². The van der Waals surface area contributed by atoms with E-state index in [9.17, 15) is 13.6 Å². The van der Waals surface area contributed by atoms with Crippen LogP contribution in [0.2, 0.25) is 0 Å². The number of amides is 1. The largest absolute Gasteiger partial charge is 0.367 e. The third kappa shape index (κ3) is 5.76. The van der Waals surface area contributed by atoms with E-state index in [0.717, 1.165) is 50.2 Å². The lowest BCUT2D eigenvalue weighted by atomic mass is 9.91. The Hall–Kier alpha value is -2.48. The molecule has 1 aromatic heterocycles.